The summed E-state index contributed by atoms with van der Waals surface area (Å²) in [4.78, 5) is 18.0. The molecule has 2 aromatic carbocycles. The lowest BCUT2D eigenvalue weighted by Gasteiger charge is -2.06. The minimum absolute atomic E-state index is 0.225. The Kier molecular flexibility index (Phi) is 6.97. The van der Waals surface area contributed by atoms with E-state index in [1.54, 1.807) is 6.08 Å². The first kappa shape index (κ1) is 23.3. The molecule has 178 valence electrons. The fraction of sp³-hybridized carbons (Fsp3) is 0.222. The molecule has 6 nitrogen and oxygen atoms in total. The fourth-order valence-corrected chi connectivity index (χ4v) is 4.81. The molecule has 0 atom stereocenters. The molecular weight excluding hydrogens is 482 g/mol. The monoisotopic (exact) mass is 505 g/mol. The van der Waals surface area contributed by atoms with Crippen LogP contribution in [0.1, 0.15) is 38.4 Å². The first-order valence-corrected chi connectivity index (χ1v) is 12.8. The number of aromatic nitrogens is 3. The van der Waals surface area contributed by atoms with Crippen LogP contribution in [0.4, 0.5) is 0 Å². The Hall–Kier alpha value is -3.42. The number of benzene rings is 2. The molecule has 0 bridgehead atoms. The first-order valence-electron chi connectivity index (χ1n) is 11.6. The molecule has 0 spiro atoms. The number of halogens is 1. The van der Waals surface area contributed by atoms with Crippen LogP contribution in [0.25, 0.3) is 33.7 Å². The summed E-state index contributed by atoms with van der Waals surface area (Å²) in [7, 11) is 0. The van der Waals surface area contributed by atoms with Crippen LogP contribution >= 0.6 is 22.9 Å². The third kappa shape index (κ3) is 5.31. The quantitative estimate of drug-likeness (QED) is 0.222. The second-order valence-corrected chi connectivity index (χ2v) is 9.64. The zero-order valence-corrected chi connectivity index (χ0v) is 20.8. The number of thiazole rings is 1. The Morgan fingerprint density at radius 3 is 2.69 bits per heavy atom. The van der Waals surface area contributed by atoms with Crippen molar-refractivity contribution in [3.8, 4) is 28.5 Å². The van der Waals surface area contributed by atoms with E-state index < -0.39 is 0 Å². The number of rotatable bonds is 9. The van der Waals surface area contributed by atoms with Crippen molar-refractivity contribution in [2.24, 2.45) is 0 Å². The molecule has 0 unspecified atom stereocenters. The van der Waals surface area contributed by atoms with Gasteiger partial charge in [-0.2, -0.15) is 9.50 Å². The van der Waals surface area contributed by atoms with Gasteiger partial charge < -0.3 is 9.15 Å². The van der Waals surface area contributed by atoms with Gasteiger partial charge in [-0.3, -0.25) is 4.79 Å². The second-order valence-electron chi connectivity index (χ2n) is 8.19. The van der Waals surface area contributed by atoms with Gasteiger partial charge in [0.1, 0.15) is 21.8 Å². The molecule has 0 saturated heterocycles. The smallest absolute Gasteiger partial charge is 0.291 e. The summed E-state index contributed by atoms with van der Waals surface area (Å²) in [5.74, 6) is 2.59. The van der Waals surface area contributed by atoms with Gasteiger partial charge in [-0.15, -0.1) is 5.10 Å². The van der Waals surface area contributed by atoms with Crippen LogP contribution in [-0.2, 0) is 0 Å². The van der Waals surface area contributed by atoms with Crippen LogP contribution in [0, 0.1) is 0 Å². The second kappa shape index (κ2) is 10.5. The molecule has 0 aliphatic rings. The Morgan fingerprint density at radius 2 is 1.91 bits per heavy atom. The lowest BCUT2D eigenvalue weighted by atomic mass is 10.2. The van der Waals surface area contributed by atoms with E-state index in [1.807, 2.05) is 60.7 Å². The number of furan rings is 1. The summed E-state index contributed by atoms with van der Waals surface area (Å²) in [5, 5.41) is 5.07. The van der Waals surface area contributed by atoms with E-state index in [-0.39, 0.29) is 5.56 Å². The van der Waals surface area contributed by atoms with Crippen molar-refractivity contribution in [3.05, 3.63) is 86.3 Å². The average molecular weight is 506 g/mol. The molecule has 0 aliphatic heterocycles. The van der Waals surface area contributed by atoms with Crippen molar-refractivity contribution in [2.45, 2.75) is 32.6 Å². The molecule has 0 fully saturated rings. The SMILES string of the molecule is CCCCCCOc1ccc(-c2nc3s/c(=C/c4ccc(-c5cccc(Cl)c5)o4)c(=O)n3n2)cc1. The lowest BCUT2D eigenvalue weighted by molar-refractivity contribution is 0.305. The number of ether oxygens (including phenoxy) is 1. The Bertz CT molecular complexity index is 1550. The minimum Gasteiger partial charge on any atom is -0.494 e. The molecule has 0 N–H and O–H groups in total. The van der Waals surface area contributed by atoms with Gasteiger partial charge in [-0.1, -0.05) is 61.3 Å². The fourth-order valence-electron chi connectivity index (χ4n) is 3.73. The van der Waals surface area contributed by atoms with Gasteiger partial charge in [0.15, 0.2) is 5.82 Å². The first-order chi connectivity index (χ1) is 17.1. The number of nitrogens with zero attached hydrogens (tertiary/aromatic N) is 3. The summed E-state index contributed by atoms with van der Waals surface area (Å²) in [5.41, 5.74) is 1.48. The van der Waals surface area contributed by atoms with Crippen LogP contribution in [0.15, 0.2) is 69.9 Å². The van der Waals surface area contributed by atoms with Crippen LogP contribution in [0.2, 0.25) is 5.02 Å². The lowest BCUT2D eigenvalue weighted by Crippen LogP contribution is -2.23. The number of unbranched alkanes of at least 4 members (excludes halogenated alkanes) is 3. The number of hydrogen-bond acceptors (Lipinski definition) is 6. The highest BCUT2D eigenvalue weighted by atomic mass is 35.5. The standard InChI is InChI=1S/C27H24ClN3O3S/c1-2-3-4-5-15-33-21-11-9-18(10-12-21)25-29-27-31(30-25)26(32)24(35-27)17-22-13-14-23(34-22)19-7-6-8-20(28)16-19/h6-14,16-17H,2-5,15H2,1H3/b24-17+. The molecule has 3 heterocycles. The van der Waals surface area contributed by atoms with E-state index in [9.17, 15) is 4.79 Å². The summed E-state index contributed by atoms with van der Waals surface area (Å²) in [6, 6.07) is 18.8. The maximum atomic E-state index is 12.9. The highest BCUT2D eigenvalue weighted by Crippen LogP contribution is 2.25. The molecule has 5 rings (SSSR count). The highest BCUT2D eigenvalue weighted by molar-refractivity contribution is 7.15. The van der Waals surface area contributed by atoms with Gasteiger partial charge in [0, 0.05) is 22.2 Å². The van der Waals surface area contributed by atoms with Crippen molar-refractivity contribution in [1.29, 1.82) is 0 Å². The normalized spacial score (nSPS) is 12.0. The summed E-state index contributed by atoms with van der Waals surface area (Å²) in [6.45, 7) is 2.91. The van der Waals surface area contributed by atoms with Crippen molar-refractivity contribution in [1.82, 2.24) is 14.6 Å². The maximum absolute atomic E-state index is 12.9. The van der Waals surface area contributed by atoms with Crippen LogP contribution in [-0.4, -0.2) is 21.2 Å². The van der Waals surface area contributed by atoms with Crippen LogP contribution in [0.5, 0.6) is 5.75 Å². The van der Waals surface area contributed by atoms with Gasteiger partial charge in [-0.25, -0.2) is 0 Å². The third-order valence-corrected chi connectivity index (χ3v) is 6.76. The molecule has 0 saturated carbocycles. The van der Waals surface area contributed by atoms with Crippen molar-refractivity contribution in [3.63, 3.8) is 0 Å². The topological polar surface area (TPSA) is 69.6 Å². The van der Waals surface area contributed by atoms with E-state index in [1.165, 1.54) is 35.1 Å². The van der Waals surface area contributed by atoms with E-state index >= 15 is 0 Å². The van der Waals surface area contributed by atoms with E-state index in [0.29, 0.717) is 38.5 Å². The van der Waals surface area contributed by atoms with Crippen molar-refractivity contribution < 1.29 is 9.15 Å². The van der Waals surface area contributed by atoms with Gasteiger partial charge in [0.2, 0.25) is 4.96 Å². The molecule has 0 radical (unpaired) electrons. The van der Waals surface area contributed by atoms with E-state index in [2.05, 4.69) is 17.0 Å². The van der Waals surface area contributed by atoms with Crippen LogP contribution < -0.4 is 14.8 Å². The van der Waals surface area contributed by atoms with Crippen LogP contribution in [0.3, 0.4) is 0 Å². The zero-order chi connectivity index (χ0) is 24.2. The molecule has 0 aliphatic carbocycles. The van der Waals surface area contributed by atoms with Gasteiger partial charge >= 0.3 is 0 Å². The molecule has 35 heavy (non-hydrogen) atoms. The largest absolute Gasteiger partial charge is 0.494 e. The number of fused-ring (bicyclic) bond motifs is 1. The molecular formula is C27H24ClN3O3S. The predicted octanol–water partition coefficient (Wildman–Crippen LogP) is 6.24. The molecule has 8 heteroatoms. The van der Waals surface area contributed by atoms with Gasteiger partial charge in [-0.05, 0) is 55.0 Å². The third-order valence-electron chi connectivity index (χ3n) is 5.57. The summed E-state index contributed by atoms with van der Waals surface area (Å²) >= 11 is 7.35. The number of hydrogen-bond donors (Lipinski definition) is 0. The molecule has 0 amide bonds. The van der Waals surface area contributed by atoms with Gasteiger partial charge in [0.25, 0.3) is 5.56 Å². The zero-order valence-electron chi connectivity index (χ0n) is 19.2. The van der Waals surface area contributed by atoms with Gasteiger partial charge in [0.05, 0.1) is 6.61 Å². The minimum atomic E-state index is -0.225. The van der Waals surface area contributed by atoms with Crippen molar-refractivity contribution >= 4 is 34.0 Å². The maximum Gasteiger partial charge on any atom is 0.291 e. The molecule has 3 aromatic heterocycles. The molecule has 5 aromatic rings. The van der Waals surface area contributed by atoms with E-state index in [0.717, 1.165) is 23.3 Å². The summed E-state index contributed by atoms with van der Waals surface area (Å²) in [6.07, 6.45) is 6.40. The Labute approximate surface area is 211 Å². The Balaban J connectivity index is 1.32. The average Bonchev–Trinajstić information content (AvgIpc) is 3.57. The van der Waals surface area contributed by atoms with Crippen molar-refractivity contribution in [2.75, 3.05) is 6.61 Å². The predicted molar refractivity (Wildman–Crippen MR) is 140 cm³/mol. The highest BCUT2D eigenvalue weighted by Gasteiger charge is 2.13. The summed E-state index contributed by atoms with van der Waals surface area (Å²) < 4.78 is 13.5. The van der Waals surface area contributed by atoms with E-state index in [4.69, 9.17) is 20.8 Å². The Morgan fingerprint density at radius 1 is 1.06 bits per heavy atom.